The van der Waals surface area contributed by atoms with Gasteiger partial charge in [-0.2, -0.15) is 4.98 Å². The van der Waals surface area contributed by atoms with Crippen molar-refractivity contribution in [2.45, 2.75) is 101 Å². The Morgan fingerprint density at radius 3 is 2.43 bits per heavy atom. The fraction of sp³-hybridized carbons (Fsp3) is 0.679. The van der Waals surface area contributed by atoms with Crippen LogP contribution in [0.5, 0.6) is 0 Å². The quantitative estimate of drug-likeness (QED) is 0.431. The molecule has 1 aromatic carbocycles. The van der Waals surface area contributed by atoms with Gasteiger partial charge in [-0.25, -0.2) is 9.18 Å². The van der Waals surface area contributed by atoms with Crippen molar-refractivity contribution in [2.75, 3.05) is 11.4 Å². The fourth-order valence-corrected chi connectivity index (χ4v) is 7.78. The molecule has 2 N–H and O–H groups in total. The van der Waals surface area contributed by atoms with Crippen LogP contribution in [0.3, 0.4) is 0 Å². The number of aliphatic hydroxyl groups is 1. The van der Waals surface area contributed by atoms with E-state index in [0.717, 1.165) is 74.4 Å². The molecule has 1 aromatic heterocycles. The van der Waals surface area contributed by atoms with Crippen LogP contribution in [-0.4, -0.2) is 40.0 Å². The van der Waals surface area contributed by atoms with E-state index in [1.165, 1.54) is 13.8 Å². The standard InChI is InChI=1S/C28H36BrFN4O3/c1-25(2,30)23-32-22(33-37-23)28-9-6-26(7-10-28,8-11-28)17-34(20-5-3-4-18(29)12-20)24(36)31-19-13-27(14-19)15-21(35)16-27/h3-5,12,19,21,35H,6-11,13-17H2,1-2H3,(H,31,36)/t19-,21-,26?,27?,28?. The molecule has 7 nitrogen and oxygen atoms in total. The molecule has 9 heteroatoms. The van der Waals surface area contributed by atoms with Gasteiger partial charge < -0.3 is 14.9 Å². The number of urea groups is 1. The molecule has 0 aliphatic heterocycles. The molecule has 2 amide bonds. The Balaban J connectivity index is 1.16. The highest BCUT2D eigenvalue weighted by molar-refractivity contribution is 9.10. The van der Waals surface area contributed by atoms with Crippen molar-refractivity contribution in [3.05, 3.63) is 40.5 Å². The van der Waals surface area contributed by atoms with Gasteiger partial charge in [0.05, 0.1) is 6.10 Å². The molecule has 1 heterocycles. The summed E-state index contributed by atoms with van der Waals surface area (Å²) in [5, 5.41) is 17.2. The van der Waals surface area contributed by atoms with Gasteiger partial charge in [0.25, 0.3) is 5.89 Å². The number of carbonyl (C=O) groups is 1. The molecule has 5 aliphatic carbocycles. The Bertz CT molecular complexity index is 1160. The molecule has 0 unspecified atom stereocenters. The zero-order chi connectivity index (χ0) is 26.1. The summed E-state index contributed by atoms with van der Waals surface area (Å²) >= 11 is 3.57. The first-order valence-corrected chi connectivity index (χ1v) is 14.3. The summed E-state index contributed by atoms with van der Waals surface area (Å²) in [5.74, 6) is 0.689. The molecule has 0 saturated heterocycles. The van der Waals surface area contributed by atoms with Crippen LogP contribution in [0.1, 0.15) is 89.8 Å². The SMILES string of the molecule is CC(C)(F)c1nc(C23CCC(CN(C(=O)N[C@H]4CC5(C[C@@H](O)C5)C4)c4cccc(Br)c4)(CC2)CC3)no1. The van der Waals surface area contributed by atoms with Crippen LogP contribution in [-0.2, 0) is 11.1 Å². The minimum Gasteiger partial charge on any atom is -0.393 e. The smallest absolute Gasteiger partial charge is 0.322 e. The fourth-order valence-electron chi connectivity index (χ4n) is 7.39. The lowest BCUT2D eigenvalue weighted by molar-refractivity contribution is -0.0945. The summed E-state index contributed by atoms with van der Waals surface area (Å²) in [6.45, 7) is 3.54. The highest BCUT2D eigenvalue weighted by atomic mass is 79.9. The van der Waals surface area contributed by atoms with Crippen LogP contribution < -0.4 is 10.2 Å². The van der Waals surface area contributed by atoms with E-state index in [1.54, 1.807) is 0 Å². The molecule has 7 rings (SSSR count). The first-order valence-electron chi connectivity index (χ1n) is 13.5. The van der Waals surface area contributed by atoms with Crippen molar-refractivity contribution in [1.82, 2.24) is 15.5 Å². The number of anilines is 1. The Hall–Kier alpha value is -2.00. The third-order valence-electron chi connectivity index (χ3n) is 9.69. The van der Waals surface area contributed by atoms with Gasteiger partial charge in [-0.1, -0.05) is 27.2 Å². The van der Waals surface area contributed by atoms with Crippen molar-refractivity contribution < 1.29 is 18.8 Å². The molecule has 200 valence electrons. The topological polar surface area (TPSA) is 91.5 Å². The number of alkyl halides is 1. The number of aliphatic hydroxyl groups excluding tert-OH is 1. The number of carbonyl (C=O) groups excluding carboxylic acids is 1. The number of rotatable bonds is 6. The van der Waals surface area contributed by atoms with Crippen molar-refractivity contribution in [3.63, 3.8) is 0 Å². The summed E-state index contributed by atoms with van der Waals surface area (Å²) < 4.78 is 20.6. The molecule has 2 bridgehead atoms. The van der Waals surface area contributed by atoms with E-state index in [2.05, 4.69) is 31.4 Å². The van der Waals surface area contributed by atoms with Gasteiger partial charge >= 0.3 is 6.03 Å². The number of hydrogen-bond acceptors (Lipinski definition) is 5. The maximum atomic E-state index is 14.4. The molecular weight excluding hydrogens is 539 g/mol. The second-order valence-electron chi connectivity index (χ2n) is 12.9. The summed E-state index contributed by atoms with van der Waals surface area (Å²) in [4.78, 5) is 20.1. The van der Waals surface area contributed by atoms with Crippen molar-refractivity contribution in [2.24, 2.45) is 10.8 Å². The Morgan fingerprint density at radius 2 is 1.86 bits per heavy atom. The minimum atomic E-state index is -1.65. The van der Waals surface area contributed by atoms with Crippen molar-refractivity contribution in [3.8, 4) is 0 Å². The summed E-state index contributed by atoms with van der Waals surface area (Å²) in [6.07, 6.45) is 9.14. The van der Waals surface area contributed by atoms with Gasteiger partial charge in [-0.15, -0.1) is 0 Å². The predicted octanol–water partition coefficient (Wildman–Crippen LogP) is 6.15. The second kappa shape index (κ2) is 8.76. The van der Waals surface area contributed by atoms with Crippen molar-refractivity contribution in [1.29, 1.82) is 0 Å². The highest BCUT2D eigenvalue weighted by Gasteiger charge is 2.54. The van der Waals surface area contributed by atoms with Crippen LogP contribution >= 0.6 is 15.9 Å². The third kappa shape index (κ3) is 4.60. The zero-order valence-electron chi connectivity index (χ0n) is 21.6. The molecule has 0 atom stereocenters. The number of fused-ring (bicyclic) bond motifs is 3. The van der Waals surface area contributed by atoms with E-state index in [0.29, 0.717) is 12.4 Å². The predicted molar refractivity (Wildman–Crippen MR) is 141 cm³/mol. The van der Waals surface area contributed by atoms with E-state index >= 15 is 0 Å². The maximum Gasteiger partial charge on any atom is 0.322 e. The Labute approximate surface area is 225 Å². The third-order valence-corrected chi connectivity index (χ3v) is 10.2. The molecule has 2 aromatic rings. The normalized spacial score (nSPS) is 34.6. The van der Waals surface area contributed by atoms with Gasteiger partial charge in [0.15, 0.2) is 11.5 Å². The number of aromatic nitrogens is 2. The van der Waals surface area contributed by atoms with Crippen LogP contribution in [0.4, 0.5) is 14.9 Å². The summed E-state index contributed by atoms with van der Waals surface area (Å²) in [5.41, 5.74) is -0.633. The van der Waals surface area contributed by atoms with Gasteiger partial charge in [0.1, 0.15) is 0 Å². The molecule has 5 aliphatic rings. The molecular formula is C28H36BrFN4O3. The van der Waals surface area contributed by atoms with Gasteiger partial charge in [-0.05, 0) is 107 Å². The van der Waals surface area contributed by atoms with E-state index < -0.39 is 5.67 Å². The molecule has 5 saturated carbocycles. The van der Waals surface area contributed by atoms with Gasteiger partial charge in [0.2, 0.25) is 0 Å². The molecule has 1 spiro atoms. The van der Waals surface area contributed by atoms with E-state index in [9.17, 15) is 14.3 Å². The van der Waals surface area contributed by atoms with Crippen LogP contribution in [0.2, 0.25) is 0 Å². The second-order valence-corrected chi connectivity index (χ2v) is 13.8. The number of amides is 2. The van der Waals surface area contributed by atoms with Gasteiger partial charge in [0, 0.05) is 28.2 Å². The average molecular weight is 576 g/mol. The Kier molecular flexibility index (Phi) is 5.99. The molecule has 5 fully saturated rings. The number of nitrogens with zero attached hydrogens (tertiary/aromatic N) is 3. The van der Waals surface area contributed by atoms with Crippen molar-refractivity contribution >= 4 is 27.6 Å². The largest absolute Gasteiger partial charge is 0.393 e. The number of nitrogens with one attached hydrogen (secondary N) is 1. The lowest BCUT2D eigenvalue weighted by Crippen LogP contribution is -2.60. The maximum absolute atomic E-state index is 14.4. The number of halogens is 2. The van der Waals surface area contributed by atoms with Crippen LogP contribution in [0.15, 0.2) is 33.3 Å². The monoisotopic (exact) mass is 574 g/mol. The van der Waals surface area contributed by atoms with E-state index in [-0.39, 0.29) is 40.3 Å². The Morgan fingerprint density at radius 1 is 1.19 bits per heavy atom. The van der Waals surface area contributed by atoms with Crippen LogP contribution in [0.25, 0.3) is 0 Å². The zero-order valence-corrected chi connectivity index (χ0v) is 23.2. The number of hydrogen-bond donors (Lipinski definition) is 2. The number of benzene rings is 1. The average Bonchev–Trinajstić information content (AvgIpc) is 3.33. The minimum absolute atomic E-state index is 0.0340. The van der Waals surface area contributed by atoms with Gasteiger partial charge in [-0.3, -0.25) is 4.90 Å². The molecule has 0 radical (unpaired) electrons. The molecule has 37 heavy (non-hydrogen) atoms. The summed E-state index contributed by atoms with van der Waals surface area (Å²) in [6, 6.07) is 8.09. The van der Waals surface area contributed by atoms with E-state index in [4.69, 9.17) is 4.52 Å². The first-order chi connectivity index (χ1) is 17.5. The highest BCUT2D eigenvalue weighted by Crippen LogP contribution is 2.58. The van der Waals surface area contributed by atoms with E-state index in [1.807, 2.05) is 29.2 Å². The van der Waals surface area contributed by atoms with Crippen LogP contribution in [0, 0.1) is 10.8 Å². The first kappa shape index (κ1) is 25.3. The summed E-state index contributed by atoms with van der Waals surface area (Å²) in [7, 11) is 0. The lowest BCUT2D eigenvalue weighted by atomic mass is 9.53. The lowest BCUT2D eigenvalue weighted by Gasteiger charge is -2.56.